The summed E-state index contributed by atoms with van der Waals surface area (Å²) >= 11 is 3.21. The summed E-state index contributed by atoms with van der Waals surface area (Å²) in [6.45, 7) is 5.23. The van der Waals surface area contributed by atoms with E-state index in [0.29, 0.717) is 4.47 Å². The highest BCUT2D eigenvalue weighted by Gasteiger charge is 2.33. The number of halogens is 1. The lowest BCUT2D eigenvalue weighted by molar-refractivity contribution is -0.121. The third-order valence-electron chi connectivity index (χ3n) is 2.53. The lowest BCUT2D eigenvalue weighted by Crippen LogP contribution is -2.51. The third kappa shape index (κ3) is 4.29. The molecule has 0 bridgehead atoms. The van der Waals surface area contributed by atoms with E-state index in [0.717, 1.165) is 0 Å². The van der Waals surface area contributed by atoms with Gasteiger partial charge in [0.05, 0.1) is 4.90 Å². The fourth-order valence-electron chi connectivity index (χ4n) is 1.52. The van der Waals surface area contributed by atoms with Gasteiger partial charge in [-0.05, 0) is 23.6 Å². The second-order valence-electron chi connectivity index (χ2n) is 5.28. The summed E-state index contributed by atoms with van der Waals surface area (Å²) in [5.41, 5.74) is 4.66. The van der Waals surface area contributed by atoms with Crippen molar-refractivity contribution in [2.75, 3.05) is 0 Å². The molecule has 0 unspecified atom stereocenters. The number of primary amides is 1. The van der Waals surface area contributed by atoms with Crippen molar-refractivity contribution in [1.29, 1.82) is 0 Å². The number of nitrogens with two attached hydrogens (primary N) is 1. The van der Waals surface area contributed by atoms with Crippen molar-refractivity contribution in [2.45, 2.75) is 31.7 Å². The number of hydrogen-bond acceptors (Lipinski definition) is 3. The number of carbonyl (C=O) groups excluding carboxylic acids is 1. The Balaban J connectivity index is 3.12. The van der Waals surface area contributed by atoms with Gasteiger partial charge < -0.3 is 5.73 Å². The summed E-state index contributed by atoms with van der Waals surface area (Å²) < 4.78 is 27.4. The summed E-state index contributed by atoms with van der Waals surface area (Å²) in [6, 6.07) is 5.26. The van der Waals surface area contributed by atoms with Crippen LogP contribution >= 0.6 is 15.9 Å². The van der Waals surface area contributed by atoms with E-state index in [4.69, 9.17) is 5.73 Å². The Morgan fingerprint density at radius 1 is 1.37 bits per heavy atom. The molecule has 5 nitrogen and oxygen atoms in total. The standard InChI is InChI=1S/C12H17BrN2O3S/c1-12(2,3)10(11(14)16)15-19(17,18)9-6-4-5-8(13)7-9/h4-7,10,15H,1-3H3,(H2,14,16)/t10-/m1/s1. The highest BCUT2D eigenvalue weighted by atomic mass is 79.9. The average molecular weight is 349 g/mol. The fraction of sp³-hybridized carbons (Fsp3) is 0.417. The maximum atomic E-state index is 12.2. The molecule has 1 atom stereocenters. The van der Waals surface area contributed by atoms with Crippen LogP contribution in [0.25, 0.3) is 0 Å². The molecule has 0 radical (unpaired) electrons. The van der Waals surface area contributed by atoms with Crippen LogP contribution in [0.15, 0.2) is 33.6 Å². The Labute approximate surface area is 121 Å². The fourth-order valence-corrected chi connectivity index (χ4v) is 3.53. The van der Waals surface area contributed by atoms with E-state index in [2.05, 4.69) is 20.7 Å². The minimum absolute atomic E-state index is 0.0809. The predicted molar refractivity (Wildman–Crippen MR) is 76.9 cm³/mol. The van der Waals surface area contributed by atoms with E-state index in [1.54, 1.807) is 32.9 Å². The molecule has 3 N–H and O–H groups in total. The summed E-state index contributed by atoms with van der Waals surface area (Å²) in [7, 11) is -3.79. The SMILES string of the molecule is CC(C)(C)[C@H](NS(=O)(=O)c1cccc(Br)c1)C(N)=O. The predicted octanol–water partition coefficient (Wildman–Crippen LogP) is 1.63. The summed E-state index contributed by atoms with van der Waals surface area (Å²) in [6.07, 6.45) is 0. The van der Waals surface area contributed by atoms with E-state index in [1.165, 1.54) is 12.1 Å². The van der Waals surface area contributed by atoms with E-state index >= 15 is 0 Å². The van der Waals surface area contributed by atoms with Crippen LogP contribution in [-0.2, 0) is 14.8 Å². The maximum absolute atomic E-state index is 12.2. The van der Waals surface area contributed by atoms with Crippen LogP contribution in [0.2, 0.25) is 0 Å². The second kappa shape index (κ2) is 5.60. The van der Waals surface area contributed by atoms with Crippen LogP contribution in [0.5, 0.6) is 0 Å². The summed E-state index contributed by atoms with van der Waals surface area (Å²) in [4.78, 5) is 11.5. The van der Waals surface area contributed by atoms with Crippen molar-refractivity contribution in [1.82, 2.24) is 4.72 Å². The molecule has 0 aliphatic heterocycles. The van der Waals surface area contributed by atoms with Crippen LogP contribution < -0.4 is 10.5 Å². The first kappa shape index (κ1) is 16.1. The molecule has 7 heteroatoms. The Hall–Kier alpha value is -0.920. The Morgan fingerprint density at radius 2 is 1.95 bits per heavy atom. The molecular formula is C12H17BrN2O3S. The number of carbonyl (C=O) groups is 1. The molecule has 0 heterocycles. The molecule has 106 valence electrons. The van der Waals surface area contributed by atoms with Gasteiger partial charge >= 0.3 is 0 Å². The molecule has 19 heavy (non-hydrogen) atoms. The Bertz CT molecular complexity index is 579. The van der Waals surface area contributed by atoms with Crippen molar-refractivity contribution in [3.8, 4) is 0 Å². The van der Waals surface area contributed by atoms with Crippen molar-refractivity contribution in [3.05, 3.63) is 28.7 Å². The van der Waals surface area contributed by atoms with Crippen LogP contribution in [0.1, 0.15) is 20.8 Å². The second-order valence-corrected chi connectivity index (χ2v) is 7.91. The van der Waals surface area contributed by atoms with Crippen molar-refractivity contribution in [3.63, 3.8) is 0 Å². The number of sulfonamides is 1. The van der Waals surface area contributed by atoms with Gasteiger partial charge in [-0.25, -0.2) is 8.42 Å². The molecule has 0 aliphatic carbocycles. The van der Waals surface area contributed by atoms with E-state index < -0.39 is 27.4 Å². The van der Waals surface area contributed by atoms with Crippen molar-refractivity contribution < 1.29 is 13.2 Å². The van der Waals surface area contributed by atoms with Gasteiger partial charge in [0, 0.05) is 4.47 Å². The van der Waals surface area contributed by atoms with Crippen molar-refractivity contribution in [2.24, 2.45) is 11.1 Å². The number of benzene rings is 1. The number of nitrogens with one attached hydrogen (secondary N) is 1. The molecule has 0 aliphatic rings. The first-order valence-electron chi connectivity index (χ1n) is 5.61. The highest BCUT2D eigenvalue weighted by Crippen LogP contribution is 2.22. The molecule has 0 fully saturated rings. The Kier molecular flexibility index (Phi) is 4.76. The lowest BCUT2D eigenvalue weighted by Gasteiger charge is -2.28. The molecule has 0 saturated heterocycles. The molecule has 0 aromatic heterocycles. The monoisotopic (exact) mass is 348 g/mol. The first-order chi connectivity index (χ1) is 8.54. The summed E-state index contributed by atoms with van der Waals surface area (Å²) in [5, 5.41) is 0. The minimum atomic E-state index is -3.79. The molecule has 0 saturated carbocycles. The number of rotatable bonds is 4. The zero-order valence-electron chi connectivity index (χ0n) is 11.0. The lowest BCUT2D eigenvalue weighted by atomic mass is 9.87. The van der Waals surface area contributed by atoms with Gasteiger partial charge in [-0.3, -0.25) is 4.79 Å². The molecule has 0 spiro atoms. The number of amides is 1. The normalized spacial score (nSPS) is 14.1. The average Bonchev–Trinajstić information content (AvgIpc) is 2.24. The van der Waals surface area contributed by atoms with E-state index in [1.807, 2.05) is 0 Å². The van der Waals surface area contributed by atoms with Gasteiger partial charge in [0.25, 0.3) is 0 Å². The molecule has 1 amide bonds. The van der Waals surface area contributed by atoms with Gasteiger partial charge in [-0.15, -0.1) is 0 Å². The zero-order chi connectivity index (χ0) is 14.8. The topological polar surface area (TPSA) is 89.3 Å². The first-order valence-corrected chi connectivity index (χ1v) is 7.89. The largest absolute Gasteiger partial charge is 0.368 e. The molecular weight excluding hydrogens is 332 g/mol. The summed E-state index contributed by atoms with van der Waals surface area (Å²) in [5.74, 6) is -0.703. The van der Waals surface area contributed by atoms with Crippen LogP contribution in [0.3, 0.4) is 0 Å². The Morgan fingerprint density at radius 3 is 2.37 bits per heavy atom. The van der Waals surface area contributed by atoms with Crippen LogP contribution in [-0.4, -0.2) is 20.4 Å². The quantitative estimate of drug-likeness (QED) is 0.866. The van der Waals surface area contributed by atoms with Gasteiger partial charge in [0.1, 0.15) is 6.04 Å². The smallest absolute Gasteiger partial charge is 0.241 e. The van der Waals surface area contributed by atoms with Gasteiger partial charge in [-0.2, -0.15) is 4.72 Å². The van der Waals surface area contributed by atoms with Crippen LogP contribution in [0.4, 0.5) is 0 Å². The maximum Gasteiger partial charge on any atom is 0.241 e. The molecule has 1 aromatic rings. The van der Waals surface area contributed by atoms with E-state index in [9.17, 15) is 13.2 Å². The van der Waals surface area contributed by atoms with Crippen molar-refractivity contribution >= 4 is 31.9 Å². The van der Waals surface area contributed by atoms with Gasteiger partial charge in [0.15, 0.2) is 0 Å². The zero-order valence-corrected chi connectivity index (χ0v) is 13.4. The van der Waals surface area contributed by atoms with Gasteiger partial charge in [-0.1, -0.05) is 42.8 Å². The number of hydrogen-bond donors (Lipinski definition) is 2. The van der Waals surface area contributed by atoms with Crippen LogP contribution in [0, 0.1) is 5.41 Å². The van der Waals surface area contributed by atoms with E-state index in [-0.39, 0.29) is 4.90 Å². The third-order valence-corrected chi connectivity index (χ3v) is 4.44. The minimum Gasteiger partial charge on any atom is -0.368 e. The highest BCUT2D eigenvalue weighted by molar-refractivity contribution is 9.10. The molecule has 1 rings (SSSR count). The molecule has 1 aromatic carbocycles. The van der Waals surface area contributed by atoms with Gasteiger partial charge in [0.2, 0.25) is 15.9 Å².